The lowest BCUT2D eigenvalue weighted by Crippen LogP contribution is -2.59. The van der Waals surface area contributed by atoms with Crippen LogP contribution in [0.5, 0.6) is 0 Å². The van der Waals surface area contributed by atoms with Gasteiger partial charge in [-0.3, -0.25) is 9.69 Å². The predicted octanol–water partition coefficient (Wildman–Crippen LogP) is 2.22. The van der Waals surface area contributed by atoms with Crippen molar-refractivity contribution in [2.75, 3.05) is 13.3 Å². The van der Waals surface area contributed by atoms with Crippen LogP contribution < -0.4 is 5.32 Å². The number of esters is 1. The van der Waals surface area contributed by atoms with Gasteiger partial charge in [-0.15, -0.1) is 0 Å². The van der Waals surface area contributed by atoms with E-state index in [9.17, 15) is 14.4 Å². The lowest BCUT2D eigenvalue weighted by molar-refractivity contribution is -0.158. The fraction of sp³-hybridized carbons (Fsp3) is 0.550. The number of rotatable bonds is 5. The molecule has 154 valence electrons. The van der Waals surface area contributed by atoms with Gasteiger partial charge in [0.1, 0.15) is 30.5 Å². The summed E-state index contributed by atoms with van der Waals surface area (Å²) in [6, 6.07) is 8.36. The predicted molar refractivity (Wildman–Crippen MR) is 101 cm³/mol. The summed E-state index contributed by atoms with van der Waals surface area (Å²) in [5.74, 6) is -1.07. The number of ether oxygens (including phenoxy) is 3. The van der Waals surface area contributed by atoms with Crippen LogP contribution in [0.25, 0.3) is 0 Å². The van der Waals surface area contributed by atoms with Gasteiger partial charge in [-0.05, 0) is 40.2 Å². The molecule has 0 spiro atoms. The van der Waals surface area contributed by atoms with E-state index in [1.165, 1.54) is 11.8 Å². The Bertz CT molecular complexity index is 715. The highest BCUT2D eigenvalue weighted by Crippen LogP contribution is 2.24. The summed E-state index contributed by atoms with van der Waals surface area (Å²) in [6.45, 7) is 8.35. The molecule has 0 aromatic heterocycles. The second kappa shape index (κ2) is 8.60. The average Bonchev–Trinajstić information content (AvgIpc) is 3.02. The number of carbonyl (C=O) groups is 3. The summed E-state index contributed by atoms with van der Waals surface area (Å²) in [4.78, 5) is 38.6. The van der Waals surface area contributed by atoms with Crippen molar-refractivity contribution in [3.05, 3.63) is 35.9 Å². The van der Waals surface area contributed by atoms with E-state index in [-0.39, 0.29) is 19.9 Å². The van der Waals surface area contributed by atoms with E-state index in [2.05, 4.69) is 5.32 Å². The molecular formula is C20H28N2O6. The molecule has 2 rings (SSSR count). The van der Waals surface area contributed by atoms with Gasteiger partial charge in [0.2, 0.25) is 5.91 Å². The zero-order valence-corrected chi connectivity index (χ0v) is 17.0. The lowest BCUT2D eigenvalue weighted by Gasteiger charge is -2.32. The minimum Gasteiger partial charge on any atom is -0.458 e. The molecule has 0 radical (unpaired) electrons. The molecular weight excluding hydrogens is 364 g/mol. The Morgan fingerprint density at radius 3 is 2.50 bits per heavy atom. The third-order valence-electron chi connectivity index (χ3n) is 4.22. The molecule has 0 unspecified atom stereocenters. The second-order valence-electron chi connectivity index (χ2n) is 7.95. The zero-order valence-electron chi connectivity index (χ0n) is 17.0. The molecule has 1 aliphatic rings. The molecule has 8 heteroatoms. The zero-order chi connectivity index (χ0) is 20.9. The quantitative estimate of drug-likeness (QED) is 0.772. The van der Waals surface area contributed by atoms with Crippen LogP contribution in [0.15, 0.2) is 30.3 Å². The topological polar surface area (TPSA) is 94.2 Å². The molecule has 0 saturated carbocycles. The van der Waals surface area contributed by atoms with Crippen LogP contribution in [-0.2, 0) is 30.4 Å². The molecule has 2 amide bonds. The number of nitrogens with zero attached hydrogens (tertiary/aromatic N) is 1. The van der Waals surface area contributed by atoms with Gasteiger partial charge < -0.3 is 19.5 Å². The van der Waals surface area contributed by atoms with Gasteiger partial charge in [-0.1, -0.05) is 30.3 Å². The van der Waals surface area contributed by atoms with Crippen molar-refractivity contribution in [3.63, 3.8) is 0 Å². The van der Waals surface area contributed by atoms with Crippen molar-refractivity contribution in [1.29, 1.82) is 0 Å². The van der Waals surface area contributed by atoms with E-state index in [4.69, 9.17) is 14.2 Å². The first-order valence-electron chi connectivity index (χ1n) is 9.13. The van der Waals surface area contributed by atoms with Crippen molar-refractivity contribution in [1.82, 2.24) is 10.2 Å². The smallest absolute Gasteiger partial charge is 0.412 e. The first-order chi connectivity index (χ1) is 13.0. The van der Waals surface area contributed by atoms with Crippen LogP contribution in [-0.4, -0.2) is 53.4 Å². The van der Waals surface area contributed by atoms with E-state index >= 15 is 0 Å². The van der Waals surface area contributed by atoms with Crippen molar-refractivity contribution < 1.29 is 28.6 Å². The molecule has 0 bridgehead atoms. The lowest BCUT2D eigenvalue weighted by atomic mass is 10.0. The third-order valence-corrected chi connectivity index (χ3v) is 4.22. The van der Waals surface area contributed by atoms with Crippen molar-refractivity contribution in [2.45, 2.75) is 58.4 Å². The van der Waals surface area contributed by atoms with Gasteiger partial charge in [-0.2, -0.15) is 0 Å². The first kappa shape index (κ1) is 21.7. The highest BCUT2D eigenvalue weighted by Gasteiger charge is 2.48. The summed E-state index contributed by atoms with van der Waals surface area (Å²) in [7, 11) is 0. The van der Waals surface area contributed by atoms with Crippen molar-refractivity contribution in [2.24, 2.45) is 0 Å². The minimum atomic E-state index is -1.29. The Balaban J connectivity index is 1.98. The Morgan fingerprint density at radius 1 is 1.25 bits per heavy atom. The molecule has 8 nitrogen and oxygen atoms in total. The normalized spacial score (nSPS) is 20.4. The Labute approximate surface area is 165 Å². The van der Waals surface area contributed by atoms with Crippen molar-refractivity contribution >= 4 is 18.0 Å². The fourth-order valence-corrected chi connectivity index (χ4v) is 2.60. The Morgan fingerprint density at radius 2 is 1.89 bits per heavy atom. The highest BCUT2D eigenvalue weighted by molar-refractivity contribution is 5.93. The number of hydrogen-bond donors (Lipinski definition) is 1. The molecule has 1 aromatic carbocycles. The van der Waals surface area contributed by atoms with E-state index in [0.717, 1.165) is 5.56 Å². The van der Waals surface area contributed by atoms with Gasteiger partial charge in [0.05, 0.1) is 6.61 Å². The SMILES string of the molecule is C[C@H](NC(=O)[C@@]1(C)COCN1C(=O)OCc1ccccc1)C(=O)OC(C)(C)C. The molecule has 1 fully saturated rings. The molecule has 1 aliphatic heterocycles. The van der Waals surface area contributed by atoms with Gasteiger partial charge >= 0.3 is 12.1 Å². The fourth-order valence-electron chi connectivity index (χ4n) is 2.60. The molecule has 1 heterocycles. The van der Waals surface area contributed by atoms with Gasteiger partial charge in [0, 0.05) is 0 Å². The van der Waals surface area contributed by atoms with Crippen LogP contribution >= 0.6 is 0 Å². The highest BCUT2D eigenvalue weighted by atomic mass is 16.6. The largest absolute Gasteiger partial charge is 0.458 e. The number of benzene rings is 1. The van der Waals surface area contributed by atoms with Gasteiger partial charge in [0.15, 0.2) is 0 Å². The molecule has 1 aromatic rings. The number of carbonyl (C=O) groups excluding carboxylic acids is 3. The third kappa shape index (κ3) is 5.45. The van der Waals surface area contributed by atoms with Crippen LogP contribution in [0.3, 0.4) is 0 Å². The van der Waals surface area contributed by atoms with Crippen LogP contribution in [0.2, 0.25) is 0 Å². The summed E-state index contributed by atoms with van der Waals surface area (Å²) < 4.78 is 15.9. The van der Waals surface area contributed by atoms with E-state index in [0.29, 0.717) is 0 Å². The Hall–Kier alpha value is -2.61. The molecule has 1 N–H and O–H groups in total. The maximum absolute atomic E-state index is 12.8. The van der Waals surface area contributed by atoms with Gasteiger partial charge in [-0.25, -0.2) is 9.59 Å². The van der Waals surface area contributed by atoms with Crippen molar-refractivity contribution in [3.8, 4) is 0 Å². The van der Waals surface area contributed by atoms with E-state index in [1.807, 2.05) is 30.3 Å². The summed E-state index contributed by atoms with van der Waals surface area (Å²) in [5, 5.41) is 2.60. The van der Waals surface area contributed by atoms with Crippen LogP contribution in [0, 0.1) is 0 Å². The maximum atomic E-state index is 12.8. The second-order valence-corrected chi connectivity index (χ2v) is 7.95. The van der Waals surface area contributed by atoms with E-state index in [1.54, 1.807) is 27.7 Å². The molecule has 28 heavy (non-hydrogen) atoms. The van der Waals surface area contributed by atoms with Crippen LogP contribution in [0.1, 0.15) is 40.2 Å². The van der Waals surface area contributed by atoms with Gasteiger partial charge in [0.25, 0.3) is 0 Å². The minimum absolute atomic E-state index is 0.000306. The molecule has 2 atom stereocenters. The van der Waals surface area contributed by atoms with E-state index < -0.39 is 35.2 Å². The standard InChI is InChI=1S/C20H28N2O6/c1-14(16(23)28-19(2,3)4)21-17(24)20(5)12-26-13-22(20)18(25)27-11-15-9-7-6-8-10-15/h6-10,14H,11-13H2,1-5H3,(H,21,24)/t14-,20+/m0/s1. The molecule has 0 aliphatic carbocycles. The maximum Gasteiger partial charge on any atom is 0.412 e. The summed E-state index contributed by atoms with van der Waals surface area (Å²) in [6.07, 6.45) is -0.663. The summed E-state index contributed by atoms with van der Waals surface area (Å²) in [5.41, 5.74) is -1.12. The molecule has 1 saturated heterocycles. The number of nitrogens with one attached hydrogen (secondary N) is 1. The average molecular weight is 392 g/mol. The number of hydrogen-bond acceptors (Lipinski definition) is 6. The first-order valence-corrected chi connectivity index (χ1v) is 9.13. The monoisotopic (exact) mass is 392 g/mol. The number of amides is 2. The Kier molecular flexibility index (Phi) is 6.66. The van der Waals surface area contributed by atoms with Crippen LogP contribution in [0.4, 0.5) is 4.79 Å². The summed E-state index contributed by atoms with van der Waals surface area (Å²) >= 11 is 0.